The molecular weight excluding hydrogens is 156 g/mol. The van der Waals surface area contributed by atoms with Crippen molar-refractivity contribution in [3.63, 3.8) is 0 Å². The van der Waals surface area contributed by atoms with E-state index < -0.39 is 0 Å². The van der Waals surface area contributed by atoms with Crippen molar-refractivity contribution in [1.82, 2.24) is 5.16 Å². The molecule has 12 heavy (non-hydrogen) atoms. The highest BCUT2D eigenvalue weighted by Crippen LogP contribution is 2.06. The van der Waals surface area contributed by atoms with Gasteiger partial charge in [0.05, 0.1) is 5.84 Å². The predicted octanol–water partition coefficient (Wildman–Crippen LogP) is 0.721. The largest absolute Gasteiger partial charge is 0.388 e. The average Bonchev–Trinajstić information content (AvgIpc) is 2.35. The highest BCUT2D eigenvalue weighted by Gasteiger charge is 1.97. The highest BCUT2D eigenvalue weighted by molar-refractivity contribution is 5.77. The van der Waals surface area contributed by atoms with Crippen LogP contribution >= 0.6 is 0 Å². The lowest BCUT2D eigenvalue weighted by atomic mass is 10.4. The van der Waals surface area contributed by atoms with Gasteiger partial charge in [-0.3, -0.25) is 5.41 Å². The Bertz CT molecular complexity index is 268. The monoisotopic (exact) mass is 168 g/mol. The van der Waals surface area contributed by atoms with Crippen LogP contribution in [0.15, 0.2) is 10.6 Å². The van der Waals surface area contributed by atoms with E-state index in [1.807, 2.05) is 6.92 Å². The predicted molar refractivity (Wildman–Crippen MR) is 46.3 cm³/mol. The van der Waals surface area contributed by atoms with E-state index in [9.17, 15) is 0 Å². The summed E-state index contributed by atoms with van der Waals surface area (Å²) in [7, 11) is 0. The van der Waals surface area contributed by atoms with Gasteiger partial charge in [-0.1, -0.05) is 5.16 Å². The van der Waals surface area contributed by atoms with Crippen LogP contribution < -0.4 is 11.1 Å². The molecule has 0 aliphatic rings. The minimum atomic E-state index is 0.169. The van der Waals surface area contributed by atoms with Crippen molar-refractivity contribution < 1.29 is 4.52 Å². The average molecular weight is 168 g/mol. The van der Waals surface area contributed by atoms with Crippen LogP contribution in [0.5, 0.6) is 0 Å². The van der Waals surface area contributed by atoms with Crippen LogP contribution in [0.4, 0.5) is 5.82 Å². The molecule has 0 unspecified atom stereocenters. The molecule has 66 valence electrons. The molecule has 0 spiro atoms. The third kappa shape index (κ3) is 2.61. The summed E-state index contributed by atoms with van der Waals surface area (Å²) in [4.78, 5) is 0. The molecule has 0 atom stereocenters. The lowest BCUT2D eigenvalue weighted by Gasteiger charge is -1.98. The van der Waals surface area contributed by atoms with E-state index in [-0.39, 0.29) is 5.84 Å². The standard InChI is InChI=1S/C7H12N4O/c1-5-4-7(11-12-5)10-3-2-6(8)9/h4H,2-3H2,1H3,(H3,8,9)(H,10,11). The SMILES string of the molecule is Cc1cc(NCCC(=N)N)no1. The molecule has 0 aliphatic carbocycles. The van der Waals surface area contributed by atoms with Crippen LogP contribution in [0.1, 0.15) is 12.2 Å². The van der Waals surface area contributed by atoms with E-state index in [4.69, 9.17) is 15.7 Å². The maximum Gasteiger partial charge on any atom is 0.169 e. The van der Waals surface area contributed by atoms with Crippen molar-refractivity contribution in [2.24, 2.45) is 5.73 Å². The molecule has 0 aromatic carbocycles. The normalized spacial score (nSPS) is 9.75. The first kappa shape index (κ1) is 8.58. The zero-order chi connectivity index (χ0) is 8.97. The number of hydrogen-bond acceptors (Lipinski definition) is 4. The van der Waals surface area contributed by atoms with Gasteiger partial charge in [0.1, 0.15) is 5.76 Å². The van der Waals surface area contributed by atoms with E-state index >= 15 is 0 Å². The summed E-state index contributed by atoms with van der Waals surface area (Å²) in [5.41, 5.74) is 5.16. The van der Waals surface area contributed by atoms with Crippen molar-refractivity contribution in [1.29, 1.82) is 5.41 Å². The Morgan fingerprint density at radius 1 is 1.83 bits per heavy atom. The molecule has 0 amide bonds. The van der Waals surface area contributed by atoms with Gasteiger partial charge in [0.15, 0.2) is 5.82 Å². The molecule has 1 rings (SSSR count). The lowest BCUT2D eigenvalue weighted by Crippen LogP contribution is -2.15. The number of nitrogens with zero attached hydrogens (tertiary/aromatic N) is 1. The van der Waals surface area contributed by atoms with Gasteiger partial charge in [-0.25, -0.2) is 0 Å². The number of nitrogens with one attached hydrogen (secondary N) is 2. The van der Waals surface area contributed by atoms with Crippen molar-refractivity contribution in [2.45, 2.75) is 13.3 Å². The van der Waals surface area contributed by atoms with Crippen LogP contribution in [-0.2, 0) is 0 Å². The number of aryl methyl sites for hydroxylation is 1. The maximum atomic E-state index is 6.96. The molecule has 0 radical (unpaired) electrons. The van der Waals surface area contributed by atoms with Gasteiger partial charge in [0, 0.05) is 19.0 Å². The Hall–Kier alpha value is -1.52. The molecule has 0 saturated heterocycles. The molecule has 5 nitrogen and oxygen atoms in total. The first-order valence-corrected chi connectivity index (χ1v) is 3.68. The number of nitrogens with two attached hydrogens (primary N) is 1. The Kier molecular flexibility index (Phi) is 2.68. The van der Waals surface area contributed by atoms with Gasteiger partial charge in [-0.15, -0.1) is 0 Å². The summed E-state index contributed by atoms with van der Waals surface area (Å²) in [5, 5.41) is 13.6. The number of anilines is 1. The molecule has 0 fully saturated rings. The molecule has 1 aromatic heterocycles. The fourth-order valence-corrected chi connectivity index (χ4v) is 0.775. The fraction of sp³-hybridized carbons (Fsp3) is 0.429. The second-order valence-corrected chi connectivity index (χ2v) is 2.52. The van der Waals surface area contributed by atoms with Gasteiger partial charge in [0.2, 0.25) is 0 Å². The molecule has 1 aromatic rings. The number of hydrogen-bond donors (Lipinski definition) is 3. The van der Waals surface area contributed by atoms with Crippen molar-refractivity contribution in [3.05, 3.63) is 11.8 Å². The first-order valence-electron chi connectivity index (χ1n) is 3.68. The van der Waals surface area contributed by atoms with Crippen LogP contribution in [0.25, 0.3) is 0 Å². The molecule has 0 bridgehead atoms. The quantitative estimate of drug-likeness (QED) is 0.456. The molecule has 1 heterocycles. The van der Waals surface area contributed by atoms with Crippen molar-refractivity contribution >= 4 is 11.7 Å². The molecule has 5 heteroatoms. The third-order valence-corrected chi connectivity index (χ3v) is 1.33. The number of aromatic nitrogens is 1. The molecule has 0 saturated carbocycles. The molecular formula is C7H12N4O. The second kappa shape index (κ2) is 3.75. The molecule has 4 N–H and O–H groups in total. The summed E-state index contributed by atoms with van der Waals surface area (Å²) < 4.78 is 4.82. The van der Waals surface area contributed by atoms with Crippen LogP contribution in [0, 0.1) is 12.3 Å². The van der Waals surface area contributed by atoms with E-state index in [0.717, 1.165) is 5.76 Å². The Morgan fingerprint density at radius 3 is 3.08 bits per heavy atom. The zero-order valence-electron chi connectivity index (χ0n) is 6.92. The van der Waals surface area contributed by atoms with Gasteiger partial charge in [-0.05, 0) is 6.92 Å². The Morgan fingerprint density at radius 2 is 2.58 bits per heavy atom. The highest BCUT2D eigenvalue weighted by atomic mass is 16.5. The zero-order valence-corrected chi connectivity index (χ0v) is 6.92. The van der Waals surface area contributed by atoms with Gasteiger partial charge >= 0.3 is 0 Å². The van der Waals surface area contributed by atoms with E-state index in [1.165, 1.54) is 0 Å². The Balaban J connectivity index is 2.29. The smallest absolute Gasteiger partial charge is 0.169 e. The summed E-state index contributed by atoms with van der Waals surface area (Å²) in [5.74, 6) is 1.62. The minimum Gasteiger partial charge on any atom is -0.388 e. The van der Waals surface area contributed by atoms with E-state index in [1.54, 1.807) is 6.07 Å². The van der Waals surface area contributed by atoms with Gasteiger partial charge in [-0.2, -0.15) is 0 Å². The Labute approximate surface area is 70.4 Å². The fourth-order valence-electron chi connectivity index (χ4n) is 0.775. The summed E-state index contributed by atoms with van der Waals surface area (Å²) in [6.07, 6.45) is 0.520. The summed E-state index contributed by atoms with van der Waals surface area (Å²) in [6, 6.07) is 1.79. The van der Waals surface area contributed by atoms with Crippen LogP contribution in [0.2, 0.25) is 0 Å². The van der Waals surface area contributed by atoms with E-state index in [2.05, 4.69) is 10.5 Å². The summed E-state index contributed by atoms with van der Waals surface area (Å²) >= 11 is 0. The topological polar surface area (TPSA) is 87.9 Å². The second-order valence-electron chi connectivity index (χ2n) is 2.52. The lowest BCUT2D eigenvalue weighted by molar-refractivity contribution is 0.400. The van der Waals surface area contributed by atoms with E-state index in [0.29, 0.717) is 18.8 Å². The van der Waals surface area contributed by atoms with Crippen LogP contribution in [0.3, 0.4) is 0 Å². The molecule has 0 aliphatic heterocycles. The number of amidine groups is 1. The van der Waals surface area contributed by atoms with Crippen LogP contribution in [-0.4, -0.2) is 17.5 Å². The van der Waals surface area contributed by atoms with Crippen molar-refractivity contribution in [3.8, 4) is 0 Å². The maximum absolute atomic E-state index is 6.96. The van der Waals surface area contributed by atoms with Crippen molar-refractivity contribution in [2.75, 3.05) is 11.9 Å². The number of rotatable bonds is 4. The third-order valence-electron chi connectivity index (χ3n) is 1.33. The first-order chi connectivity index (χ1) is 5.68. The van der Waals surface area contributed by atoms with Gasteiger partial charge < -0.3 is 15.6 Å². The van der Waals surface area contributed by atoms with Gasteiger partial charge in [0.25, 0.3) is 0 Å². The minimum absolute atomic E-state index is 0.169. The summed E-state index contributed by atoms with van der Waals surface area (Å²) in [6.45, 7) is 2.43.